The quantitative estimate of drug-likeness (QED) is 0.745. The number of hydrogen-bond donors (Lipinski definition) is 2. The van der Waals surface area contributed by atoms with Crippen LogP contribution in [-0.4, -0.2) is 25.6 Å². The lowest BCUT2D eigenvalue weighted by molar-refractivity contribution is 0.0699. The highest BCUT2D eigenvalue weighted by Gasteiger charge is 2.20. The van der Waals surface area contributed by atoms with Crippen LogP contribution in [0.1, 0.15) is 24.2 Å². The minimum Gasteiger partial charge on any atom is -0.478 e. The van der Waals surface area contributed by atoms with Gasteiger partial charge in [0.15, 0.2) is 5.65 Å². The van der Waals surface area contributed by atoms with E-state index in [-0.39, 0.29) is 40.3 Å². The average molecular weight is 357 g/mol. The molecule has 0 spiro atoms. The molecule has 0 saturated carbocycles. The molecule has 0 aliphatic heterocycles. The highest BCUT2D eigenvalue weighted by Crippen LogP contribution is 2.25. The lowest BCUT2D eigenvalue weighted by Crippen LogP contribution is -2.33. The minimum atomic E-state index is -1.37. The number of H-pyrrole nitrogens is 1. The zero-order valence-electron chi connectivity index (χ0n) is 14.1. The van der Waals surface area contributed by atoms with Crippen molar-refractivity contribution in [1.29, 1.82) is 0 Å². The zero-order valence-corrected chi connectivity index (χ0v) is 14.1. The van der Waals surface area contributed by atoms with Gasteiger partial charge in [-0.1, -0.05) is 26.0 Å². The van der Waals surface area contributed by atoms with E-state index in [1.807, 2.05) is 13.8 Å². The number of carbonyl (C=O) groups is 1. The second-order valence-corrected chi connectivity index (χ2v) is 6.30. The maximum Gasteiger partial charge on any atom is 0.336 e. The number of hydrogen-bond acceptors (Lipinski definition) is 4. The van der Waals surface area contributed by atoms with Crippen LogP contribution in [0.5, 0.6) is 0 Å². The number of carboxylic acid groups (broad SMARTS) is 1. The molecule has 2 heterocycles. The highest BCUT2D eigenvalue weighted by atomic mass is 19.1. The Balaban J connectivity index is 2.48. The second-order valence-electron chi connectivity index (χ2n) is 6.30. The molecule has 2 aromatic heterocycles. The molecule has 0 aliphatic carbocycles. The number of aromatic nitrogens is 3. The molecule has 26 heavy (non-hydrogen) atoms. The smallest absolute Gasteiger partial charge is 0.336 e. The van der Waals surface area contributed by atoms with Gasteiger partial charge in [-0.05, 0) is 24.1 Å². The number of pyridine rings is 1. The third kappa shape index (κ3) is 3.01. The molecule has 8 heteroatoms. The summed E-state index contributed by atoms with van der Waals surface area (Å²) in [6, 6.07) is 6.90. The zero-order chi connectivity index (χ0) is 19.0. The molecule has 0 unspecified atom stereocenters. The van der Waals surface area contributed by atoms with E-state index in [9.17, 15) is 23.9 Å². The summed E-state index contributed by atoms with van der Waals surface area (Å²) in [6.07, 6.45) is 0. The maximum absolute atomic E-state index is 14.2. The van der Waals surface area contributed by atoms with Crippen LogP contribution in [-0.2, 0) is 6.54 Å². The molecule has 2 N–H and O–H groups in total. The lowest BCUT2D eigenvalue weighted by Gasteiger charge is -2.13. The Hall–Kier alpha value is -3.29. The van der Waals surface area contributed by atoms with Crippen LogP contribution in [0.15, 0.2) is 39.9 Å². The second kappa shape index (κ2) is 6.55. The Labute approximate surface area is 146 Å². The van der Waals surface area contributed by atoms with Crippen molar-refractivity contribution in [2.24, 2.45) is 5.92 Å². The summed E-state index contributed by atoms with van der Waals surface area (Å²) in [7, 11) is 0. The first-order valence-electron chi connectivity index (χ1n) is 7.95. The number of nitrogens with zero attached hydrogens (tertiary/aromatic N) is 2. The van der Waals surface area contributed by atoms with Gasteiger partial charge in [0, 0.05) is 12.1 Å². The van der Waals surface area contributed by atoms with Crippen LogP contribution in [0.2, 0.25) is 0 Å². The highest BCUT2D eigenvalue weighted by molar-refractivity contribution is 6.02. The summed E-state index contributed by atoms with van der Waals surface area (Å²) in [6.45, 7) is 3.95. The number of fused-ring (bicyclic) bond motifs is 1. The normalized spacial score (nSPS) is 11.2. The molecule has 134 valence electrons. The number of halogens is 1. The molecule has 0 saturated heterocycles. The van der Waals surface area contributed by atoms with Crippen molar-refractivity contribution in [3.63, 3.8) is 0 Å². The molecular formula is C18H16FN3O4. The van der Waals surface area contributed by atoms with Crippen molar-refractivity contribution < 1.29 is 14.3 Å². The minimum absolute atomic E-state index is 0.0361. The first-order valence-corrected chi connectivity index (χ1v) is 7.95. The number of benzene rings is 1. The van der Waals surface area contributed by atoms with Crippen LogP contribution in [0.3, 0.4) is 0 Å². The molecule has 0 amide bonds. The molecular weight excluding hydrogens is 341 g/mol. The van der Waals surface area contributed by atoms with E-state index in [1.54, 1.807) is 6.07 Å². The Morgan fingerprint density at radius 2 is 2.00 bits per heavy atom. The van der Waals surface area contributed by atoms with E-state index < -0.39 is 23.0 Å². The van der Waals surface area contributed by atoms with Gasteiger partial charge in [-0.3, -0.25) is 14.3 Å². The van der Waals surface area contributed by atoms with Gasteiger partial charge >= 0.3 is 11.7 Å². The standard InChI is InChI=1S/C18H16FN3O4/c1-9(2)8-22-15-14(16(23)21-18(22)26)11(17(24)25)7-13(20-15)10-5-3-4-6-12(10)19/h3-7,9H,8H2,1-2H3,(H,24,25)(H,21,23,26). The predicted molar refractivity (Wildman–Crippen MR) is 93.8 cm³/mol. The van der Waals surface area contributed by atoms with Gasteiger partial charge < -0.3 is 5.11 Å². The number of rotatable bonds is 4. The summed E-state index contributed by atoms with van der Waals surface area (Å²) < 4.78 is 15.4. The molecule has 0 aliphatic rings. The van der Waals surface area contributed by atoms with Crippen molar-refractivity contribution >= 4 is 17.0 Å². The molecule has 0 atom stereocenters. The molecule has 0 fully saturated rings. The number of carboxylic acids is 1. The van der Waals surface area contributed by atoms with Crippen LogP contribution < -0.4 is 11.2 Å². The summed E-state index contributed by atoms with van der Waals surface area (Å²) in [5.74, 6) is -1.91. The maximum atomic E-state index is 14.2. The van der Waals surface area contributed by atoms with Crippen LogP contribution in [0, 0.1) is 11.7 Å². The van der Waals surface area contributed by atoms with Gasteiger partial charge in [-0.15, -0.1) is 0 Å². The van der Waals surface area contributed by atoms with Crippen LogP contribution in [0.4, 0.5) is 4.39 Å². The molecule has 1 aromatic carbocycles. The Morgan fingerprint density at radius 3 is 2.62 bits per heavy atom. The van der Waals surface area contributed by atoms with E-state index in [2.05, 4.69) is 9.97 Å². The average Bonchev–Trinajstić information content (AvgIpc) is 2.57. The fourth-order valence-corrected chi connectivity index (χ4v) is 2.78. The van der Waals surface area contributed by atoms with E-state index in [0.29, 0.717) is 0 Å². The summed E-state index contributed by atoms with van der Waals surface area (Å²) in [5.41, 5.74) is -1.82. The first-order chi connectivity index (χ1) is 12.3. The van der Waals surface area contributed by atoms with Crippen LogP contribution >= 0.6 is 0 Å². The van der Waals surface area contributed by atoms with Crippen molar-refractivity contribution in [3.05, 3.63) is 62.6 Å². The fourth-order valence-electron chi connectivity index (χ4n) is 2.78. The topological polar surface area (TPSA) is 105 Å². The lowest BCUT2D eigenvalue weighted by atomic mass is 10.1. The van der Waals surface area contributed by atoms with Crippen molar-refractivity contribution in [2.75, 3.05) is 0 Å². The number of aromatic amines is 1. The molecule has 0 bridgehead atoms. The summed E-state index contributed by atoms with van der Waals surface area (Å²) in [4.78, 5) is 42.5. The Bertz CT molecular complexity index is 1130. The Morgan fingerprint density at radius 1 is 1.31 bits per heavy atom. The fraction of sp³-hybridized carbons (Fsp3) is 0.222. The number of nitrogens with one attached hydrogen (secondary N) is 1. The SMILES string of the molecule is CC(C)Cn1c(=O)[nH]c(=O)c2c(C(=O)O)cc(-c3ccccc3F)nc21. The van der Waals surface area contributed by atoms with E-state index in [0.717, 1.165) is 6.07 Å². The predicted octanol–water partition coefficient (Wildman–Crippen LogP) is 2.25. The third-order valence-corrected chi connectivity index (χ3v) is 3.88. The van der Waals surface area contributed by atoms with E-state index >= 15 is 0 Å². The summed E-state index contributed by atoms with van der Waals surface area (Å²) in [5, 5.41) is 9.32. The van der Waals surface area contributed by atoms with Gasteiger partial charge in [0.2, 0.25) is 0 Å². The molecule has 0 radical (unpaired) electrons. The monoisotopic (exact) mass is 357 g/mol. The van der Waals surface area contributed by atoms with E-state index in [4.69, 9.17) is 0 Å². The Kier molecular flexibility index (Phi) is 4.41. The van der Waals surface area contributed by atoms with Crippen molar-refractivity contribution in [3.8, 4) is 11.3 Å². The first kappa shape index (κ1) is 17.5. The third-order valence-electron chi connectivity index (χ3n) is 3.88. The van der Waals surface area contributed by atoms with Crippen molar-refractivity contribution in [1.82, 2.24) is 14.5 Å². The van der Waals surface area contributed by atoms with Gasteiger partial charge in [0.05, 0.1) is 16.6 Å². The van der Waals surface area contributed by atoms with Crippen molar-refractivity contribution in [2.45, 2.75) is 20.4 Å². The van der Waals surface area contributed by atoms with Gasteiger partial charge in [0.1, 0.15) is 5.82 Å². The molecule has 7 nitrogen and oxygen atoms in total. The largest absolute Gasteiger partial charge is 0.478 e. The van der Waals surface area contributed by atoms with Gasteiger partial charge in [-0.25, -0.2) is 19.0 Å². The van der Waals surface area contributed by atoms with Gasteiger partial charge in [0.25, 0.3) is 5.56 Å². The van der Waals surface area contributed by atoms with Crippen LogP contribution in [0.25, 0.3) is 22.3 Å². The number of aromatic carboxylic acids is 1. The van der Waals surface area contributed by atoms with Gasteiger partial charge in [-0.2, -0.15) is 0 Å². The molecule has 3 aromatic rings. The molecule has 3 rings (SSSR count). The van der Waals surface area contributed by atoms with E-state index in [1.165, 1.54) is 22.8 Å². The summed E-state index contributed by atoms with van der Waals surface area (Å²) >= 11 is 0.